The Kier molecular flexibility index (Phi) is 20.9. The van der Waals surface area contributed by atoms with Gasteiger partial charge in [0.1, 0.15) is 11.5 Å². The molecule has 0 saturated carbocycles. The second kappa shape index (κ2) is 26.7. The number of hydrogen-bond acceptors (Lipinski definition) is 12. The van der Waals surface area contributed by atoms with Crippen LogP contribution < -0.4 is 30.7 Å². The normalized spacial score (nSPS) is 12.5. The lowest BCUT2D eigenvalue weighted by atomic mass is 10.1. The number of anilines is 4. The van der Waals surface area contributed by atoms with Crippen molar-refractivity contribution in [3.63, 3.8) is 0 Å². The third-order valence-electron chi connectivity index (χ3n) is 10.2. The zero-order valence-corrected chi connectivity index (χ0v) is 42.9. The number of carbonyl (C=O) groups excluding carboxylic acids is 6. The lowest BCUT2D eigenvalue weighted by Crippen LogP contribution is -2.32. The van der Waals surface area contributed by atoms with E-state index in [1.165, 1.54) is 54.6 Å². The minimum absolute atomic E-state index is 0.0402. The van der Waals surface area contributed by atoms with Crippen LogP contribution in [0, 0.1) is 0 Å². The van der Waals surface area contributed by atoms with E-state index >= 15 is 0 Å². The molecule has 4 N–H and O–H groups in total. The van der Waals surface area contributed by atoms with Crippen molar-refractivity contribution in [1.82, 2.24) is 0 Å². The predicted octanol–water partition coefficient (Wildman–Crippen LogP) is 12.5. The summed E-state index contributed by atoms with van der Waals surface area (Å²) >= 11 is 31.3. The number of aryl methyl sites for hydroxylation is 2. The zero-order valence-electron chi connectivity index (χ0n) is 39.1. The maximum absolute atomic E-state index is 13.6. The third-order valence-corrected chi connectivity index (χ3v) is 11.5. The third kappa shape index (κ3) is 15.0. The number of ether oxygens (including phenoxy) is 2. The summed E-state index contributed by atoms with van der Waals surface area (Å²) < 4.78 is 11.6. The van der Waals surface area contributed by atoms with E-state index in [-0.39, 0.29) is 43.9 Å². The molecule has 5 aromatic carbocycles. The standard InChI is InChI=1S/C50H49Cl5N8O8/c1-6-70-45-30(20-22-51)10-8-12-41(45)58-47(66)36-25-33(14-17-38(36)54)60-62-43(28(4)64)49(68)56-32-16-19-40(35(24-32)27(3)53)57-50(69)44(29(5)65)63-61-34-15-18-39(55)37(26-34)48(67)59-42-13-9-11-31(21-23-52)46(42)71-7-2/h8-19,24-27,43-44H,6-7,20-23H2,1-5H3,(H,56,68)(H,57,69)(H,58,66)(H,59,67). The molecule has 0 aliphatic heterocycles. The first kappa shape index (κ1) is 55.5. The van der Waals surface area contributed by atoms with Gasteiger partial charge in [0.15, 0.2) is 11.6 Å². The highest BCUT2D eigenvalue weighted by Crippen LogP contribution is 2.35. The van der Waals surface area contributed by atoms with Crippen LogP contribution >= 0.6 is 58.0 Å². The number of Topliss-reactive ketones (excluding diaryl/α,β-unsaturated/α-hetero) is 2. The van der Waals surface area contributed by atoms with Crippen molar-refractivity contribution in [2.75, 3.05) is 46.2 Å². The molecule has 0 heterocycles. The molecule has 3 unspecified atom stereocenters. The van der Waals surface area contributed by atoms with E-state index in [0.29, 0.717) is 66.3 Å². The van der Waals surface area contributed by atoms with Gasteiger partial charge in [-0.15, -0.1) is 34.8 Å². The average Bonchev–Trinajstić information content (AvgIpc) is 3.32. The maximum Gasteiger partial charge on any atom is 0.258 e. The highest BCUT2D eigenvalue weighted by Gasteiger charge is 2.27. The Morgan fingerprint density at radius 2 is 1.03 bits per heavy atom. The Morgan fingerprint density at radius 1 is 0.577 bits per heavy atom. The summed E-state index contributed by atoms with van der Waals surface area (Å²) in [5.41, 5.74) is 3.48. The molecule has 3 atom stereocenters. The van der Waals surface area contributed by atoms with Crippen molar-refractivity contribution < 1.29 is 38.2 Å². The number of azo groups is 2. The number of carbonyl (C=O) groups is 6. The predicted molar refractivity (Wildman–Crippen MR) is 279 cm³/mol. The number of nitrogens with zero attached hydrogens (tertiary/aromatic N) is 4. The fourth-order valence-corrected chi connectivity index (χ4v) is 7.85. The summed E-state index contributed by atoms with van der Waals surface area (Å²) in [7, 11) is 0. The zero-order chi connectivity index (χ0) is 51.8. The van der Waals surface area contributed by atoms with Gasteiger partial charge < -0.3 is 30.7 Å². The second-order valence-corrected chi connectivity index (χ2v) is 17.6. The molecular weight excluding hydrogens is 1020 g/mol. The molecule has 0 aromatic heterocycles. The number of ketones is 2. The first-order chi connectivity index (χ1) is 34.0. The molecule has 21 heteroatoms. The van der Waals surface area contributed by atoms with E-state index in [4.69, 9.17) is 67.5 Å². The molecule has 0 fully saturated rings. The number of halogens is 5. The molecule has 0 bridgehead atoms. The monoisotopic (exact) mass is 1060 g/mol. The van der Waals surface area contributed by atoms with Crippen LogP contribution in [0.4, 0.5) is 34.1 Å². The summed E-state index contributed by atoms with van der Waals surface area (Å²) in [6.07, 6.45) is 1.03. The van der Waals surface area contributed by atoms with Crippen molar-refractivity contribution in [3.8, 4) is 11.5 Å². The molecule has 0 saturated heterocycles. The Labute approximate surface area is 435 Å². The first-order valence-electron chi connectivity index (χ1n) is 22.0. The van der Waals surface area contributed by atoms with Crippen molar-refractivity contribution in [2.24, 2.45) is 20.5 Å². The van der Waals surface area contributed by atoms with Gasteiger partial charge in [-0.1, -0.05) is 47.5 Å². The molecular formula is C50H49Cl5N8O8. The average molecular weight is 1070 g/mol. The maximum atomic E-state index is 13.6. The summed E-state index contributed by atoms with van der Waals surface area (Å²) in [5.74, 6) is -2.48. The van der Waals surface area contributed by atoms with Gasteiger partial charge in [0, 0.05) is 23.1 Å². The van der Waals surface area contributed by atoms with E-state index in [1.807, 2.05) is 26.0 Å². The van der Waals surface area contributed by atoms with E-state index in [0.717, 1.165) is 25.0 Å². The summed E-state index contributed by atoms with van der Waals surface area (Å²) in [5, 5.41) is 26.6. The smallest absolute Gasteiger partial charge is 0.258 e. The second-order valence-electron chi connectivity index (χ2n) is 15.4. The number of amides is 4. The molecule has 0 aliphatic carbocycles. The van der Waals surface area contributed by atoms with Crippen molar-refractivity contribution >= 4 is 127 Å². The number of benzene rings is 5. The molecule has 372 valence electrons. The van der Waals surface area contributed by atoms with Crippen molar-refractivity contribution in [1.29, 1.82) is 0 Å². The van der Waals surface area contributed by atoms with Gasteiger partial charge in [-0.25, -0.2) is 0 Å². The molecule has 0 aliphatic rings. The number of hydrogen-bond donors (Lipinski definition) is 4. The van der Waals surface area contributed by atoms with Gasteiger partial charge in [0.2, 0.25) is 12.1 Å². The minimum atomic E-state index is -1.63. The molecule has 4 amide bonds. The lowest BCUT2D eigenvalue weighted by Gasteiger charge is -2.17. The fourth-order valence-electron chi connectivity index (χ4n) is 6.85. The van der Waals surface area contributed by atoms with Gasteiger partial charge in [-0.05, 0) is 131 Å². The van der Waals surface area contributed by atoms with Crippen LogP contribution in [0.5, 0.6) is 11.5 Å². The lowest BCUT2D eigenvalue weighted by molar-refractivity contribution is -0.127. The van der Waals surface area contributed by atoms with Crippen molar-refractivity contribution in [2.45, 2.75) is 64.9 Å². The number of alkyl halides is 3. The summed E-state index contributed by atoms with van der Waals surface area (Å²) in [4.78, 5) is 79.5. The van der Waals surface area contributed by atoms with E-state index in [9.17, 15) is 28.8 Å². The Morgan fingerprint density at radius 3 is 1.44 bits per heavy atom. The van der Waals surface area contributed by atoms with Gasteiger partial charge in [-0.3, -0.25) is 28.8 Å². The van der Waals surface area contributed by atoms with Crippen LogP contribution in [0.25, 0.3) is 0 Å². The van der Waals surface area contributed by atoms with Crippen LogP contribution in [-0.4, -0.2) is 72.3 Å². The van der Waals surface area contributed by atoms with Gasteiger partial charge in [0.25, 0.3) is 23.6 Å². The molecule has 71 heavy (non-hydrogen) atoms. The van der Waals surface area contributed by atoms with Gasteiger partial charge >= 0.3 is 0 Å². The van der Waals surface area contributed by atoms with Gasteiger partial charge in [0.05, 0.1) is 62.5 Å². The molecule has 5 aromatic rings. The summed E-state index contributed by atoms with van der Waals surface area (Å²) in [6, 6.07) is 20.2. The molecule has 16 nitrogen and oxygen atoms in total. The number of rotatable bonds is 23. The summed E-state index contributed by atoms with van der Waals surface area (Å²) in [6.45, 7) is 8.28. The fraction of sp³-hybridized carbons (Fsp3) is 0.280. The Bertz CT molecular complexity index is 2860. The number of para-hydroxylation sites is 2. The van der Waals surface area contributed by atoms with Crippen LogP contribution in [0.1, 0.15) is 77.4 Å². The van der Waals surface area contributed by atoms with E-state index < -0.39 is 52.7 Å². The Hall–Kier alpha value is -6.43. The molecule has 5 rings (SSSR count). The van der Waals surface area contributed by atoms with Crippen LogP contribution in [-0.2, 0) is 32.0 Å². The first-order valence-corrected chi connectivity index (χ1v) is 24.3. The van der Waals surface area contributed by atoms with Crippen molar-refractivity contribution in [3.05, 3.63) is 129 Å². The SMILES string of the molecule is CCOc1c(CCCl)cccc1NC(=O)c1cc(N=NC(C(C)=O)C(=O)Nc2ccc(NC(=O)C(N=Nc3ccc(Cl)c(C(=O)Nc4cccc(CCCl)c4OCC)c3)C(C)=O)c(C(C)Cl)c2)ccc1Cl. The van der Waals surface area contributed by atoms with Crippen LogP contribution in [0.15, 0.2) is 111 Å². The highest BCUT2D eigenvalue weighted by atomic mass is 35.5. The topological polar surface area (TPSA) is 218 Å². The highest BCUT2D eigenvalue weighted by molar-refractivity contribution is 6.35. The largest absolute Gasteiger partial charge is 0.491 e. The quantitative estimate of drug-likeness (QED) is 0.0279. The molecule has 0 radical (unpaired) electrons. The van der Waals surface area contributed by atoms with E-state index in [1.54, 1.807) is 31.2 Å². The minimum Gasteiger partial charge on any atom is -0.491 e. The molecule has 0 spiro atoms. The van der Waals surface area contributed by atoms with E-state index in [2.05, 4.69) is 41.7 Å². The van der Waals surface area contributed by atoms with Gasteiger partial charge in [-0.2, -0.15) is 20.5 Å². The van der Waals surface area contributed by atoms with Crippen LogP contribution in [0.3, 0.4) is 0 Å². The number of nitrogens with one attached hydrogen (secondary N) is 4. The Balaban J connectivity index is 1.29. The van der Waals surface area contributed by atoms with Crippen LogP contribution in [0.2, 0.25) is 10.0 Å².